The Labute approximate surface area is 86.6 Å². The maximum absolute atomic E-state index is 4.38. The van der Waals surface area contributed by atoms with Gasteiger partial charge in [-0.3, -0.25) is 0 Å². The third kappa shape index (κ3) is 2.04. The molecule has 0 saturated carbocycles. The molecule has 0 aliphatic carbocycles. The third-order valence-corrected chi connectivity index (χ3v) is 1.92. The fraction of sp³-hybridized carbons (Fsp3) is 0.222. The van der Waals surface area contributed by atoms with E-state index in [1.165, 1.54) is 6.33 Å². The van der Waals surface area contributed by atoms with Crippen LogP contribution < -0.4 is 10.1 Å². The number of aromatic nitrogens is 5. The second kappa shape index (κ2) is 3.95. The maximum Gasteiger partial charge on any atom is 0.388 e. The van der Waals surface area contributed by atoms with Crippen LogP contribution in [-0.4, -0.2) is 19.5 Å². The SMILES string of the molecule is Cn1cnccc1=Nc1ncnc[n+]1C. The van der Waals surface area contributed by atoms with Crippen molar-refractivity contribution in [2.75, 3.05) is 0 Å². The Morgan fingerprint density at radius 2 is 2.27 bits per heavy atom. The van der Waals surface area contributed by atoms with Crippen LogP contribution in [-0.2, 0) is 14.1 Å². The number of rotatable bonds is 1. The van der Waals surface area contributed by atoms with Crippen molar-refractivity contribution in [3.63, 3.8) is 0 Å². The maximum atomic E-state index is 4.38. The highest BCUT2D eigenvalue weighted by Gasteiger charge is 2.03. The molecule has 0 unspecified atom stereocenters. The Morgan fingerprint density at radius 3 is 3.00 bits per heavy atom. The molecule has 15 heavy (non-hydrogen) atoms. The van der Waals surface area contributed by atoms with E-state index in [1.807, 2.05) is 24.7 Å². The van der Waals surface area contributed by atoms with Crippen molar-refractivity contribution >= 4 is 5.95 Å². The summed E-state index contributed by atoms with van der Waals surface area (Å²) in [6.45, 7) is 0. The van der Waals surface area contributed by atoms with Gasteiger partial charge < -0.3 is 4.57 Å². The van der Waals surface area contributed by atoms with Gasteiger partial charge in [0.25, 0.3) is 0 Å². The summed E-state index contributed by atoms with van der Waals surface area (Å²) in [6, 6.07) is 1.82. The Balaban J connectivity index is 2.57. The number of aryl methyl sites for hydroxylation is 2. The number of hydrogen-bond acceptors (Lipinski definition) is 4. The average molecular weight is 203 g/mol. The minimum Gasteiger partial charge on any atom is -0.310 e. The first-order chi connectivity index (χ1) is 7.27. The predicted molar refractivity (Wildman–Crippen MR) is 51.6 cm³/mol. The summed E-state index contributed by atoms with van der Waals surface area (Å²) in [6.07, 6.45) is 6.52. The van der Waals surface area contributed by atoms with Crippen LogP contribution in [0.2, 0.25) is 0 Å². The van der Waals surface area contributed by atoms with Gasteiger partial charge in [0.05, 0.1) is 13.4 Å². The zero-order valence-corrected chi connectivity index (χ0v) is 8.57. The van der Waals surface area contributed by atoms with E-state index < -0.39 is 0 Å². The summed E-state index contributed by atoms with van der Waals surface area (Å²) in [7, 11) is 3.73. The molecule has 0 aliphatic rings. The summed E-state index contributed by atoms with van der Waals surface area (Å²) >= 11 is 0. The van der Waals surface area contributed by atoms with Crippen LogP contribution in [0.1, 0.15) is 0 Å². The lowest BCUT2D eigenvalue weighted by atomic mass is 10.6. The summed E-state index contributed by atoms with van der Waals surface area (Å²) in [5.41, 5.74) is 0.791. The molecule has 0 amide bonds. The van der Waals surface area contributed by atoms with E-state index in [0.29, 0.717) is 5.95 Å². The van der Waals surface area contributed by atoms with E-state index in [2.05, 4.69) is 19.9 Å². The van der Waals surface area contributed by atoms with Crippen molar-refractivity contribution in [3.05, 3.63) is 36.7 Å². The van der Waals surface area contributed by atoms with Gasteiger partial charge in [-0.05, 0) is 0 Å². The summed E-state index contributed by atoms with van der Waals surface area (Å²) in [5, 5.41) is 0. The molecular weight excluding hydrogens is 192 g/mol. The van der Waals surface area contributed by atoms with Crippen LogP contribution in [0.5, 0.6) is 0 Å². The molecule has 0 aromatic carbocycles. The van der Waals surface area contributed by atoms with Gasteiger partial charge in [-0.25, -0.2) is 9.55 Å². The molecule has 2 rings (SSSR count). The van der Waals surface area contributed by atoms with Gasteiger partial charge in [0.2, 0.25) is 6.33 Å². The Kier molecular flexibility index (Phi) is 2.49. The molecule has 76 valence electrons. The Morgan fingerprint density at radius 1 is 1.40 bits per heavy atom. The standard InChI is InChI=1S/C9H11N6/c1-14-6-10-4-3-8(14)13-9-12-5-11-7-15(9)2/h3-7H,1-2H3/q+1. The lowest BCUT2D eigenvalue weighted by molar-refractivity contribution is -0.664. The fourth-order valence-electron chi connectivity index (χ4n) is 1.11. The molecular formula is C9H11N6+. The van der Waals surface area contributed by atoms with Crippen LogP contribution >= 0.6 is 0 Å². The molecule has 0 saturated heterocycles. The zero-order chi connectivity index (χ0) is 10.7. The largest absolute Gasteiger partial charge is 0.388 e. The van der Waals surface area contributed by atoms with E-state index in [-0.39, 0.29) is 0 Å². The first kappa shape index (κ1) is 9.45. The minimum atomic E-state index is 0.604. The Bertz CT molecular complexity index is 530. The lowest BCUT2D eigenvalue weighted by Gasteiger charge is -1.94. The van der Waals surface area contributed by atoms with Gasteiger partial charge >= 0.3 is 5.95 Å². The van der Waals surface area contributed by atoms with Gasteiger partial charge in [-0.2, -0.15) is 0 Å². The van der Waals surface area contributed by atoms with E-state index in [1.54, 1.807) is 23.4 Å². The van der Waals surface area contributed by atoms with Crippen molar-refractivity contribution in [2.24, 2.45) is 19.1 Å². The first-order valence-corrected chi connectivity index (χ1v) is 4.44. The highest BCUT2D eigenvalue weighted by Crippen LogP contribution is 1.92. The summed E-state index contributed by atoms with van der Waals surface area (Å²) < 4.78 is 3.57. The number of hydrogen-bond donors (Lipinski definition) is 0. The summed E-state index contributed by atoms with van der Waals surface area (Å²) in [5.74, 6) is 0.604. The van der Waals surface area contributed by atoms with Crippen LogP contribution in [0, 0.1) is 0 Å². The Hall–Kier alpha value is -2.11. The molecule has 2 heterocycles. The molecule has 0 N–H and O–H groups in total. The van der Waals surface area contributed by atoms with Crippen molar-refractivity contribution < 1.29 is 4.57 Å². The van der Waals surface area contributed by atoms with Crippen molar-refractivity contribution in [1.29, 1.82) is 0 Å². The van der Waals surface area contributed by atoms with Gasteiger partial charge in [-0.1, -0.05) is 9.98 Å². The van der Waals surface area contributed by atoms with Gasteiger partial charge in [0, 0.05) is 19.3 Å². The molecule has 2 aromatic rings. The molecule has 0 spiro atoms. The second-order valence-corrected chi connectivity index (χ2v) is 3.08. The number of nitrogens with zero attached hydrogens (tertiary/aromatic N) is 6. The molecule has 0 bridgehead atoms. The minimum absolute atomic E-state index is 0.604. The normalized spacial score (nSPS) is 11.7. The van der Waals surface area contributed by atoms with E-state index >= 15 is 0 Å². The average Bonchev–Trinajstić information content (AvgIpc) is 2.24. The molecule has 0 atom stereocenters. The predicted octanol–water partition coefficient (Wildman–Crippen LogP) is -0.733. The van der Waals surface area contributed by atoms with Crippen LogP contribution in [0.4, 0.5) is 5.95 Å². The van der Waals surface area contributed by atoms with Crippen LogP contribution in [0.3, 0.4) is 0 Å². The molecule has 0 aliphatic heterocycles. The van der Waals surface area contributed by atoms with Gasteiger partial charge in [0.1, 0.15) is 0 Å². The summed E-state index contributed by atoms with van der Waals surface area (Å²) in [4.78, 5) is 16.3. The van der Waals surface area contributed by atoms with Crippen LogP contribution in [0.15, 0.2) is 36.2 Å². The zero-order valence-electron chi connectivity index (χ0n) is 8.57. The monoisotopic (exact) mass is 203 g/mol. The van der Waals surface area contributed by atoms with Crippen molar-refractivity contribution in [3.8, 4) is 0 Å². The molecule has 6 nitrogen and oxygen atoms in total. The highest BCUT2D eigenvalue weighted by atomic mass is 15.2. The quantitative estimate of drug-likeness (QED) is 0.574. The smallest absolute Gasteiger partial charge is 0.310 e. The molecule has 0 radical (unpaired) electrons. The molecule has 0 fully saturated rings. The molecule has 2 aromatic heterocycles. The lowest BCUT2D eigenvalue weighted by Crippen LogP contribution is -2.31. The van der Waals surface area contributed by atoms with E-state index in [0.717, 1.165) is 5.49 Å². The van der Waals surface area contributed by atoms with E-state index in [4.69, 9.17) is 0 Å². The van der Waals surface area contributed by atoms with Crippen molar-refractivity contribution in [2.45, 2.75) is 0 Å². The van der Waals surface area contributed by atoms with E-state index in [9.17, 15) is 0 Å². The molecule has 6 heteroatoms. The highest BCUT2D eigenvalue weighted by molar-refractivity contribution is 5.02. The van der Waals surface area contributed by atoms with Crippen molar-refractivity contribution in [1.82, 2.24) is 19.5 Å². The van der Waals surface area contributed by atoms with Gasteiger partial charge in [-0.15, -0.1) is 4.98 Å². The van der Waals surface area contributed by atoms with Gasteiger partial charge in [0.15, 0.2) is 11.8 Å². The third-order valence-electron chi connectivity index (χ3n) is 1.92. The first-order valence-electron chi connectivity index (χ1n) is 4.44. The topological polar surface area (TPSA) is 59.8 Å². The van der Waals surface area contributed by atoms with Crippen LogP contribution in [0.25, 0.3) is 0 Å². The second-order valence-electron chi connectivity index (χ2n) is 3.08. The fourth-order valence-corrected chi connectivity index (χ4v) is 1.11.